The summed E-state index contributed by atoms with van der Waals surface area (Å²) in [5.74, 6) is 0.848. The third kappa shape index (κ3) is 3.00. The highest BCUT2D eigenvalue weighted by molar-refractivity contribution is 7.17. The topological polar surface area (TPSA) is 33.2 Å². The van der Waals surface area contributed by atoms with E-state index in [2.05, 4.69) is 11.8 Å². The van der Waals surface area contributed by atoms with Crippen LogP contribution in [0, 0.1) is 5.92 Å². The first kappa shape index (κ1) is 14.3. The molecule has 0 spiro atoms. The minimum absolute atomic E-state index is 0.730. The van der Waals surface area contributed by atoms with E-state index >= 15 is 0 Å². The highest BCUT2D eigenvalue weighted by atomic mass is 32.1. The fraction of sp³-hybridized carbons (Fsp3) is 0.412. The van der Waals surface area contributed by atoms with E-state index in [1.54, 1.807) is 0 Å². The van der Waals surface area contributed by atoms with Crippen molar-refractivity contribution in [1.82, 2.24) is 4.98 Å². The molecule has 1 aliphatic heterocycles. The van der Waals surface area contributed by atoms with E-state index in [-0.39, 0.29) is 0 Å². The summed E-state index contributed by atoms with van der Waals surface area (Å²) >= 11 is 1.52. The lowest BCUT2D eigenvalue weighted by Crippen LogP contribution is -2.33. The second kappa shape index (κ2) is 6.39. The van der Waals surface area contributed by atoms with E-state index < -0.39 is 0 Å². The lowest BCUT2D eigenvalue weighted by molar-refractivity contribution is 0.112. The number of hydrogen-bond acceptors (Lipinski definition) is 4. The Morgan fingerprint density at radius 3 is 2.62 bits per heavy atom. The molecule has 1 aromatic carbocycles. The van der Waals surface area contributed by atoms with Gasteiger partial charge in [-0.2, -0.15) is 0 Å². The highest BCUT2D eigenvalue weighted by Crippen LogP contribution is 2.34. The van der Waals surface area contributed by atoms with Crippen molar-refractivity contribution in [1.29, 1.82) is 0 Å². The molecule has 4 heteroatoms. The number of rotatable bonds is 4. The summed E-state index contributed by atoms with van der Waals surface area (Å²) in [5, 5.41) is 0.991. The number of nitrogens with zero attached hydrogens (tertiary/aromatic N) is 2. The van der Waals surface area contributed by atoms with Crippen LogP contribution in [-0.4, -0.2) is 24.4 Å². The molecular weight excluding hydrogens is 280 g/mol. The maximum Gasteiger partial charge on any atom is 0.186 e. The van der Waals surface area contributed by atoms with Crippen molar-refractivity contribution in [3.05, 3.63) is 35.2 Å². The molecule has 0 bridgehead atoms. The van der Waals surface area contributed by atoms with Crippen LogP contribution < -0.4 is 4.90 Å². The first-order valence-corrected chi connectivity index (χ1v) is 8.39. The zero-order chi connectivity index (χ0) is 14.7. The molecule has 2 heterocycles. The number of aromatic nitrogens is 1. The molecule has 21 heavy (non-hydrogen) atoms. The van der Waals surface area contributed by atoms with Crippen LogP contribution in [0.1, 0.15) is 35.9 Å². The van der Waals surface area contributed by atoms with Gasteiger partial charge in [-0.1, -0.05) is 55.0 Å². The Kier molecular flexibility index (Phi) is 4.34. The average molecular weight is 300 g/mol. The lowest BCUT2D eigenvalue weighted by atomic mass is 9.95. The molecule has 0 radical (unpaired) electrons. The maximum atomic E-state index is 11.3. The third-order valence-electron chi connectivity index (χ3n) is 4.26. The van der Waals surface area contributed by atoms with Crippen molar-refractivity contribution in [2.75, 3.05) is 18.0 Å². The lowest BCUT2D eigenvalue weighted by Gasteiger charge is -2.31. The predicted molar refractivity (Wildman–Crippen MR) is 88.2 cm³/mol. The van der Waals surface area contributed by atoms with Crippen LogP contribution in [0.15, 0.2) is 30.3 Å². The summed E-state index contributed by atoms with van der Waals surface area (Å²) in [5.41, 5.74) is 1.84. The van der Waals surface area contributed by atoms with Gasteiger partial charge in [0.2, 0.25) is 0 Å². The number of piperidine rings is 1. The molecular formula is C17H20N2OS. The Bertz CT molecular complexity index is 601. The molecule has 2 aromatic rings. The second-order valence-corrected chi connectivity index (χ2v) is 6.54. The smallest absolute Gasteiger partial charge is 0.186 e. The zero-order valence-corrected chi connectivity index (χ0v) is 13.1. The Morgan fingerprint density at radius 1 is 1.29 bits per heavy atom. The molecule has 1 aromatic heterocycles. The van der Waals surface area contributed by atoms with Gasteiger partial charge in [-0.15, -0.1) is 0 Å². The fourth-order valence-electron chi connectivity index (χ4n) is 2.87. The van der Waals surface area contributed by atoms with Crippen molar-refractivity contribution in [2.24, 2.45) is 5.92 Å². The minimum atomic E-state index is 0.730. The maximum absolute atomic E-state index is 11.3. The average Bonchev–Trinajstić information content (AvgIpc) is 3.00. The van der Waals surface area contributed by atoms with Gasteiger partial charge in [0.25, 0.3) is 0 Å². The molecule has 0 saturated carbocycles. The first-order valence-electron chi connectivity index (χ1n) is 7.58. The molecule has 0 aliphatic carbocycles. The van der Waals surface area contributed by atoms with Gasteiger partial charge in [0.15, 0.2) is 11.4 Å². The van der Waals surface area contributed by atoms with Crippen LogP contribution in [0.4, 0.5) is 5.13 Å². The fourth-order valence-corrected chi connectivity index (χ4v) is 3.82. The summed E-state index contributed by atoms with van der Waals surface area (Å²) < 4.78 is 0. The van der Waals surface area contributed by atoms with Gasteiger partial charge in [0.1, 0.15) is 0 Å². The summed E-state index contributed by atoms with van der Waals surface area (Å²) in [7, 11) is 0. The van der Waals surface area contributed by atoms with Gasteiger partial charge in [0.05, 0.1) is 10.6 Å². The van der Waals surface area contributed by atoms with Crippen LogP contribution in [0.25, 0.3) is 11.3 Å². The second-order valence-electron chi connectivity index (χ2n) is 5.53. The summed E-state index contributed by atoms with van der Waals surface area (Å²) in [6, 6.07) is 9.96. The monoisotopic (exact) mass is 300 g/mol. The largest absolute Gasteiger partial charge is 0.348 e. The molecule has 3 nitrogen and oxygen atoms in total. The minimum Gasteiger partial charge on any atom is -0.348 e. The number of aldehydes is 1. The number of hydrogen-bond donors (Lipinski definition) is 0. The summed E-state index contributed by atoms with van der Waals surface area (Å²) in [6.07, 6.45) is 4.66. The normalized spacial score (nSPS) is 16.1. The van der Waals surface area contributed by atoms with E-state index in [1.807, 2.05) is 30.3 Å². The van der Waals surface area contributed by atoms with Crippen LogP contribution >= 0.6 is 11.3 Å². The predicted octanol–water partition coefficient (Wildman–Crippen LogP) is 4.25. The quantitative estimate of drug-likeness (QED) is 0.791. The van der Waals surface area contributed by atoms with Crippen molar-refractivity contribution >= 4 is 22.8 Å². The molecule has 110 valence electrons. The van der Waals surface area contributed by atoms with Crippen LogP contribution in [0.3, 0.4) is 0 Å². The van der Waals surface area contributed by atoms with E-state index in [0.29, 0.717) is 0 Å². The molecule has 1 fully saturated rings. The van der Waals surface area contributed by atoms with E-state index in [0.717, 1.165) is 46.6 Å². The van der Waals surface area contributed by atoms with Crippen LogP contribution in [-0.2, 0) is 0 Å². The molecule has 0 atom stereocenters. The number of carbonyl (C=O) groups is 1. The van der Waals surface area contributed by atoms with E-state index in [9.17, 15) is 4.79 Å². The number of benzene rings is 1. The van der Waals surface area contributed by atoms with Gasteiger partial charge >= 0.3 is 0 Å². The molecule has 0 amide bonds. The Morgan fingerprint density at radius 2 is 2.00 bits per heavy atom. The molecule has 1 aliphatic rings. The zero-order valence-electron chi connectivity index (χ0n) is 12.3. The Labute approximate surface area is 129 Å². The van der Waals surface area contributed by atoms with Crippen molar-refractivity contribution in [2.45, 2.75) is 26.2 Å². The number of anilines is 1. The van der Waals surface area contributed by atoms with Gasteiger partial charge in [-0.3, -0.25) is 4.79 Å². The molecule has 0 unspecified atom stereocenters. The van der Waals surface area contributed by atoms with Crippen LogP contribution in [0.2, 0.25) is 0 Å². The van der Waals surface area contributed by atoms with Crippen molar-refractivity contribution < 1.29 is 4.79 Å². The van der Waals surface area contributed by atoms with E-state index in [4.69, 9.17) is 4.98 Å². The van der Waals surface area contributed by atoms with Crippen molar-refractivity contribution in [3.8, 4) is 11.3 Å². The molecule has 1 saturated heterocycles. The number of thiazole rings is 1. The standard InChI is InChI=1S/C17H20N2OS/c1-2-13-8-10-19(11-9-13)17-18-16(15(12-20)21-17)14-6-4-3-5-7-14/h3-7,12-13H,2,8-11H2,1H3. The highest BCUT2D eigenvalue weighted by Gasteiger charge is 2.22. The van der Waals surface area contributed by atoms with Crippen molar-refractivity contribution in [3.63, 3.8) is 0 Å². The molecule has 3 rings (SSSR count). The van der Waals surface area contributed by atoms with Gasteiger partial charge in [0, 0.05) is 18.7 Å². The number of carbonyl (C=O) groups excluding carboxylic acids is 1. The first-order chi connectivity index (χ1) is 10.3. The van der Waals surface area contributed by atoms with Gasteiger partial charge in [-0.25, -0.2) is 4.98 Å². The van der Waals surface area contributed by atoms with Crippen LogP contribution in [0.5, 0.6) is 0 Å². The Balaban J connectivity index is 1.85. The molecule has 0 N–H and O–H groups in total. The van der Waals surface area contributed by atoms with Gasteiger partial charge < -0.3 is 4.90 Å². The SMILES string of the molecule is CCC1CCN(c2nc(-c3ccccc3)c(C=O)s2)CC1. The van der Waals surface area contributed by atoms with Gasteiger partial charge in [-0.05, 0) is 18.8 Å². The summed E-state index contributed by atoms with van der Waals surface area (Å²) in [6.45, 7) is 4.37. The summed E-state index contributed by atoms with van der Waals surface area (Å²) in [4.78, 5) is 19.1. The third-order valence-corrected chi connectivity index (χ3v) is 5.30. The Hall–Kier alpha value is -1.68. The van der Waals surface area contributed by atoms with E-state index in [1.165, 1.54) is 30.6 Å².